The van der Waals surface area contributed by atoms with Crippen LogP contribution in [0, 0.1) is 5.92 Å². The van der Waals surface area contributed by atoms with Gasteiger partial charge in [0, 0.05) is 36.6 Å². The molecule has 1 saturated carbocycles. The Hall–Kier alpha value is -2.18. The topological polar surface area (TPSA) is 71.0 Å². The zero-order valence-corrected chi connectivity index (χ0v) is 13.6. The Balaban J connectivity index is 1.34. The molecule has 1 saturated heterocycles. The minimum atomic E-state index is 0.0306. The van der Waals surface area contributed by atoms with Gasteiger partial charge < -0.3 is 5.32 Å². The van der Waals surface area contributed by atoms with Gasteiger partial charge >= 0.3 is 0 Å². The Morgan fingerprint density at radius 2 is 2.17 bits per heavy atom. The van der Waals surface area contributed by atoms with Gasteiger partial charge in [-0.1, -0.05) is 12.1 Å². The van der Waals surface area contributed by atoms with Crippen LogP contribution in [0.1, 0.15) is 35.2 Å². The number of benzene rings is 1. The average molecular weight is 325 g/mol. The van der Waals surface area contributed by atoms with Crippen LogP contribution in [0.15, 0.2) is 42.7 Å². The van der Waals surface area contributed by atoms with Gasteiger partial charge in [0.2, 0.25) is 0 Å². The van der Waals surface area contributed by atoms with Crippen molar-refractivity contribution in [1.82, 2.24) is 25.9 Å². The first-order valence-corrected chi connectivity index (χ1v) is 8.63. The first kappa shape index (κ1) is 15.4. The monoisotopic (exact) mass is 325 g/mol. The normalized spacial score (nSPS) is 26.1. The first-order valence-electron chi connectivity index (χ1n) is 8.63. The van der Waals surface area contributed by atoms with Crippen LogP contribution >= 0.6 is 0 Å². The van der Waals surface area contributed by atoms with Gasteiger partial charge in [-0.05, 0) is 48.9 Å². The molecule has 1 aliphatic heterocycles. The highest BCUT2D eigenvalue weighted by Crippen LogP contribution is 2.26. The van der Waals surface area contributed by atoms with E-state index in [0.717, 1.165) is 43.5 Å². The van der Waals surface area contributed by atoms with Crippen molar-refractivity contribution in [3.05, 3.63) is 53.9 Å². The third kappa shape index (κ3) is 3.34. The maximum absolute atomic E-state index is 12.5. The van der Waals surface area contributed by atoms with Crippen LogP contribution in [0.25, 0.3) is 0 Å². The molecule has 2 fully saturated rings. The van der Waals surface area contributed by atoms with Crippen molar-refractivity contribution >= 4 is 5.91 Å². The number of amides is 1. The lowest BCUT2D eigenvalue weighted by Gasteiger charge is -2.31. The van der Waals surface area contributed by atoms with Crippen LogP contribution in [0.2, 0.25) is 0 Å². The molecule has 3 N–H and O–H groups in total. The summed E-state index contributed by atoms with van der Waals surface area (Å²) in [4.78, 5) is 12.5. The first-order chi connectivity index (χ1) is 11.8. The van der Waals surface area contributed by atoms with Crippen LogP contribution in [0.5, 0.6) is 0 Å². The Morgan fingerprint density at radius 3 is 2.96 bits per heavy atom. The van der Waals surface area contributed by atoms with Crippen LogP contribution in [0.3, 0.4) is 0 Å². The van der Waals surface area contributed by atoms with Crippen molar-refractivity contribution in [2.45, 2.75) is 37.9 Å². The molecule has 3 unspecified atom stereocenters. The maximum Gasteiger partial charge on any atom is 0.251 e. The summed E-state index contributed by atoms with van der Waals surface area (Å²) in [6.45, 7) is 1.72. The lowest BCUT2D eigenvalue weighted by Crippen LogP contribution is -2.44. The van der Waals surface area contributed by atoms with Crippen LogP contribution in [-0.4, -0.2) is 34.3 Å². The van der Waals surface area contributed by atoms with E-state index in [2.05, 4.69) is 21.3 Å². The maximum atomic E-state index is 12.5. The molecule has 1 aromatic heterocycles. The molecular weight excluding hydrogens is 302 g/mol. The van der Waals surface area contributed by atoms with E-state index in [1.807, 2.05) is 41.2 Å². The van der Waals surface area contributed by atoms with E-state index in [1.54, 1.807) is 6.20 Å². The Labute approximate surface area is 141 Å². The van der Waals surface area contributed by atoms with E-state index in [0.29, 0.717) is 12.0 Å². The molecule has 0 radical (unpaired) electrons. The average Bonchev–Trinajstić information content (AvgIpc) is 3.26. The lowest BCUT2D eigenvalue weighted by atomic mass is 9.83. The number of fused-ring (bicyclic) bond motifs is 1. The minimum Gasteiger partial charge on any atom is -0.349 e. The quantitative estimate of drug-likeness (QED) is 0.793. The summed E-state index contributed by atoms with van der Waals surface area (Å²) >= 11 is 0. The number of hydrazine groups is 1. The summed E-state index contributed by atoms with van der Waals surface area (Å²) < 4.78 is 1.87. The molecule has 3 atom stereocenters. The fourth-order valence-electron chi connectivity index (χ4n) is 3.74. The molecule has 4 rings (SSSR count). The number of nitrogens with zero attached hydrogens (tertiary/aromatic N) is 2. The summed E-state index contributed by atoms with van der Waals surface area (Å²) in [5.41, 5.74) is 8.41. The van der Waals surface area contributed by atoms with E-state index in [1.165, 1.54) is 0 Å². The van der Waals surface area contributed by atoms with Gasteiger partial charge in [-0.15, -0.1) is 0 Å². The highest BCUT2D eigenvalue weighted by Gasteiger charge is 2.34. The molecule has 126 valence electrons. The minimum absolute atomic E-state index is 0.0306. The second-order valence-corrected chi connectivity index (χ2v) is 6.78. The molecule has 2 heterocycles. The fourth-order valence-corrected chi connectivity index (χ4v) is 3.74. The largest absolute Gasteiger partial charge is 0.349 e. The molecule has 1 aliphatic carbocycles. The third-order valence-electron chi connectivity index (χ3n) is 5.09. The second-order valence-electron chi connectivity index (χ2n) is 6.78. The smallest absolute Gasteiger partial charge is 0.251 e. The van der Waals surface area contributed by atoms with Gasteiger partial charge in [0.1, 0.15) is 0 Å². The fraction of sp³-hybridized carbons (Fsp3) is 0.444. The molecule has 24 heavy (non-hydrogen) atoms. The Morgan fingerprint density at radius 1 is 1.29 bits per heavy atom. The molecule has 1 aromatic carbocycles. The summed E-state index contributed by atoms with van der Waals surface area (Å²) in [6.07, 6.45) is 6.91. The van der Waals surface area contributed by atoms with E-state index in [4.69, 9.17) is 0 Å². The zero-order chi connectivity index (χ0) is 16.4. The molecule has 0 bridgehead atoms. The summed E-state index contributed by atoms with van der Waals surface area (Å²) in [5, 5.41) is 7.40. The number of hydrogen-bond donors (Lipinski definition) is 3. The summed E-state index contributed by atoms with van der Waals surface area (Å²) in [6, 6.07) is 10.6. The zero-order valence-electron chi connectivity index (χ0n) is 13.6. The SMILES string of the molecule is O=C(NC1CCC2NNCC2C1)c1ccc(Cn2cccn2)cc1. The number of hydrogen-bond acceptors (Lipinski definition) is 4. The van der Waals surface area contributed by atoms with Gasteiger partial charge in [0.15, 0.2) is 0 Å². The van der Waals surface area contributed by atoms with Crippen molar-refractivity contribution < 1.29 is 4.79 Å². The van der Waals surface area contributed by atoms with Crippen molar-refractivity contribution in [2.75, 3.05) is 6.54 Å². The number of rotatable bonds is 4. The molecular formula is C18H23N5O. The van der Waals surface area contributed by atoms with Crippen LogP contribution < -0.4 is 16.2 Å². The van der Waals surface area contributed by atoms with Gasteiger partial charge in [0.05, 0.1) is 6.54 Å². The molecule has 6 nitrogen and oxygen atoms in total. The Bertz CT molecular complexity index is 682. The summed E-state index contributed by atoms with van der Waals surface area (Å²) in [7, 11) is 0. The number of carbonyl (C=O) groups is 1. The molecule has 0 spiro atoms. The molecule has 6 heteroatoms. The predicted molar refractivity (Wildman–Crippen MR) is 91.3 cm³/mol. The van der Waals surface area contributed by atoms with E-state index >= 15 is 0 Å². The van der Waals surface area contributed by atoms with Gasteiger partial charge in [-0.3, -0.25) is 20.3 Å². The Kier molecular flexibility index (Phi) is 4.32. The van der Waals surface area contributed by atoms with E-state index < -0.39 is 0 Å². The van der Waals surface area contributed by atoms with E-state index in [-0.39, 0.29) is 11.9 Å². The molecule has 2 aliphatic rings. The molecule has 1 amide bonds. The van der Waals surface area contributed by atoms with E-state index in [9.17, 15) is 4.79 Å². The van der Waals surface area contributed by atoms with Crippen molar-refractivity contribution in [1.29, 1.82) is 0 Å². The molecule has 2 aromatic rings. The highest BCUT2D eigenvalue weighted by atomic mass is 16.1. The number of aromatic nitrogens is 2. The predicted octanol–water partition coefficient (Wildman–Crippen LogP) is 1.31. The van der Waals surface area contributed by atoms with Gasteiger partial charge in [-0.25, -0.2) is 0 Å². The standard InChI is InChI=1S/C18H23N5O/c24-18(21-16-6-7-17-15(10-16)11-19-22-17)14-4-2-13(3-5-14)12-23-9-1-8-20-23/h1-5,8-9,15-17,19,22H,6-7,10-12H2,(H,21,24). The second kappa shape index (κ2) is 6.75. The van der Waals surface area contributed by atoms with Crippen LogP contribution in [-0.2, 0) is 6.54 Å². The number of carbonyl (C=O) groups excluding carboxylic acids is 1. The van der Waals surface area contributed by atoms with Gasteiger partial charge in [0.25, 0.3) is 5.91 Å². The number of nitrogens with one attached hydrogen (secondary N) is 3. The van der Waals surface area contributed by atoms with Crippen molar-refractivity contribution in [2.24, 2.45) is 5.92 Å². The summed E-state index contributed by atoms with van der Waals surface area (Å²) in [5.74, 6) is 0.656. The van der Waals surface area contributed by atoms with Crippen molar-refractivity contribution in [3.63, 3.8) is 0 Å². The lowest BCUT2D eigenvalue weighted by molar-refractivity contribution is 0.0918. The van der Waals surface area contributed by atoms with Crippen molar-refractivity contribution in [3.8, 4) is 0 Å². The third-order valence-corrected chi connectivity index (χ3v) is 5.09. The van der Waals surface area contributed by atoms with Gasteiger partial charge in [-0.2, -0.15) is 5.10 Å². The highest BCUT2D eigenvalue weighted by molar-refractivity contribution is 5.94. The van der Waals surface area contributed by atoms with Crippen LogP contribution in [0.4, 0.5) is 0 Å².